The summed E-state index contributed by atoms with van der Waals surface area (Å²) in [5.74, 6) is -0.976. The van der Waals surface area contributed by atoms with Gasteiger partial charge in [-0.05, 0) is 31.2 Å². The summed E-state index contributed by atoms with van der Waals surface area (Å²) in [4.78, 5) is 28.7. The number of methoxy groups -OCH3 is 1. The third-order valence-electron chi connectivity index (χ3n) is 3.96. The van der Waals surface area contributed by atoms with Crippen LogP contribution in [0, 0.1) is 6.92 Å². The highest BCUT2D eigenvalue weighted by Crippen LogP contribution is 2.30. The molecule has 1 fully saturated rings. The van der Waals surface area contributed by atoms with Crippen molar-refractivity contribution in [2.75, 3.05) is 19.0 Å². The number of anilines is 1. The van der Waals surface area contributed by atoms with Crippen LogP contribution < -0.4 is 5.32 Å². The second-order valence-corrected chi connectivity index (χ2v) is 9.68. The number of carbonyl (C=O) groups excluding carboxylic acids is 2. The molecule has 1 unspecified atom stereocenters. The normalized spacial score (nSPS) is 18.0. The zero-order chi connectivity index (χ0) is 18.9. The minimum Gasteiger partial charge on any atom is -0.465 e. The molecule has 1 saturated heterocycles. The minimum atomic E-state index is -3.70. The maximum atomic E-state index is 12.7. The number of aromatic nitrogens is 1. The Hall–Kier alpha value is -1.82. The van der Waals surface area contributed by atoms with Crippen LogP contribution in [-0.2, 0) is 19.6 Å². The number of rotatable bonds is 5. The fourth-order valence-electron chi connectivity index (χ4n) is 2.74. The molecule has 3 rings (SSSR count). The summed E-state index contributed by atoms with van der Waals surface area (Å²) in [6.07, 6.45) is 1.04. The average molecular weight is 416 g/mol. The smallest absolute Gasteiger partial charge is 0.350 e. The zero-order valence-electron chi connectivity index (χ0n) is 14.1. The number of hydrogen-bond acceptors (Lipinski definition) is 8. The van der Waals surface area contributed by atoms with E-state index in [-0.39, 0.29) is 9.34 Å². The molecule has 1 N–H and O–H groups in total. The summed E-state index contributed by atoms with van der Waals surface area (Å²) >= 11 is 2.12. The van der Waals surface area contributed by atoms with Crippen molar-refractivity contribution < 1.29 is 22.7 Å². The Morgan fingerprint density at radius 3 is 2.85 bits per heavy atom. The molecule has 26 heavy (non-hydrogen) atoms. The summed E-state index contributed by atoms with van der Waals surface area (Å²) in [7, 11) is -2.43. The number of amides is 1. The summed E-state index contributed by atoms with van der Waals surface area (Å²) in [6.45, 7) is 1.93. The number of thiophene rings is 1. The van der Waals surface area contributed by atoms with Crippen molar-refractivity contribution in [2.24, 2.45) is 0 Å². The van der Waals surface area contributed by atoms with Gasteiger partial charge in [0.2, 0.25) is 5.91 Å². The standard InChI is InChI=1S/C15H17N3O5S3/c1-9-12(14(20)23-2)25-15(16-9)17-13(19)10-5-3-7-18(10)26(21,22)11-6-4-8-24-11/h4,6,8,10H,3,5,7H2,1-2H3,(H,16,17,19). The van der Waals surface area contributed by atoms with Crippen LogP contribution in [0.5, 0.6) is 0 Å². The molecule has 2 aromatic heterocycles. The molecular formula is C15H17N3O5S3. The minimum absolute atomic E-state index is 0.218. The summed E-state index contributed by atoms with van der Waals surface area (Å²) in [5, 5.41) is 4.56. The molecule has 8 nitrogen and oxygen atoms in total. The lowest BCUT2D eigenvalue weighted by Gasteiger charge is -2.22. The van der Waals surface area contributed by atoms with Gasteiger partial charge >= 0.3 is 5.97 Å². The summed E-state index contributed by atoms with van der Waals surface area (Å²) in [6, 6.07) is 2.39. The van der Waals surface area contributed by atoms with E-state index in [0.717, 1.165) is 22.7 Å². The fourth-order valence-corrected chi connectivity index (χ4v) is 6.40. The van der Waals surface area contributed by atoms with E-state index in [4.69, 9.17) is 0 Å². The molecule has 0 radical (unpaired) electrons. The molecule has 11 heteroatoms. The second-order valence-electron chi connectivity index (χ2n) is 5.62. The van der Waals surface area contributed by atoms with Crippen molar-refractivity contribution in [3.8, 4) is 0 Å². The first kappa shape index (κ1) is 19.0. The Morgan fingerprint density at radius 1 is 1.42 bits per heavy atom. The van der Waals surface area contributed by atoms with Gasteiger partial charge in [0.05, 0.1) is 12.8 Å². The summed E-state index contributed by atoms with van der Waals surface area (Å²) < 4.78 is 31.6. The summed E-state index contributed by atoms with van der Waals surface area (Å²) in [5.41, 5.74) is 0.451. The van der Waals surface area contributed by atoms with Crippen LogP contribution in [0.2, 0.25) is 0 Å². The Bertz CT molecular complexity index is 920. The maximum absolute atomic E-state index is 12.7. The molecule has 1 atom stereocenters. The molecule has 140 valence electrons. The SMILES string of the molecule is COC(=O)c1sc(NC(=O)C2CCCN2S(=O)(=O)c2cccs2)nc1C. The van der Waals surface area contributed by atoms with Crippen LogP contribution in [0.1, 0.15) is 28.2 Å². The first-order valence-electron chi connectivity index (χ1n) is 7.76. The van der Waals surface area contributed by atoms with Crippen LogP contribution in [0.15, 0.2) is 21.7 Å². The van der Waals surface area contributed by atoms with Gasteiger partial charge in [-0.3, -0.25) is 4.79 Å². The molecule has 1 aliphatic rings. The number of ether oxygens (including phenoxy) is 1. The number of hydrogen-bond donors (Lipinski definition) is 1. The third-order valence-corrected chi connectivity index (χ3v) is 8.30. The van der Waals surface area contributed by atoms with Crippen molar-refractivity contribution in [3.05, 3.63) is 28.1 Å². The van der Waals surface area contributed by atoms with Crippen molar-refractivity contribution >= 4 is 49.7 Å². The molecule has 1 aliphatic heterocycles. The molecule has 0 saturated carbocycles. The average Bonchev–Trinajstić information content (AvgIpc) is 3.34. The number of aryl methyl sites for hydroxylation is 1. The van der Waals surface area contributed by atoms with Gasteiger partial charge in [-0.2, -0.15) is 4.31 Å². The molecular weight excluding hydrogens is 398 g/mol. The van der Waals surface area contributed by atoms with Gasteiger partial charge in [0, 0.05) is 6.54 Å². The lowest BCUT2D eigenvalue weighted by molar-refractivity contribution is -0.119. The van der Waals surface area contributed by atoms with E-state index in [2.05, 4.69) is 15.0 Å². The highest BCUT2D eigenvalue weighted by atomic mass is 32.2. The Morgan fingerprint density at radius 2 is 2.19 bits per heavy atom. The van der Waals surface area contributed by atoms with E-state index >= 15 is 0 Å². The van der Waals surface area contributed by atoms with Gasteiger partial charge in [-0.15, -0.1) is 11.3 Å². The lowest BCUT2D eigenvalue weighted by atomic mass is 10.2. The van der Waals surface area contributed by atoms with E-state index < -0.39 is 27.9 Å². The molecule has 0 bridgehead atoms. The first-order valence-corrected chi connectivity index (χ1v) is 10.9. The second kappa shape index (κ2) is 7.43. The number of esters is 1. The largest absolute Gasteiger partial charge is 0.465 e. The predicted molar refractivity (Wildman–Crippen MR) is 98.1 cm³/mol. The van der Waals surface area contributed by atoms with E-state index in [0.29, 0.717) is 30.0 Å². The third kappa shape index (κ3) is 3.52. The monoisotopic (exact) mass is 415 g/mol. The fraction of sp³-hybridized carbons (Fsp3) is 0.400. The van der Waals surface area contributed by atoms with Crippen molar-refractivity contribution in [2.45, 2.75) is 30.0 Å². The van der Waals surface area contributed by atoms with Gasteiger partial charge in [0.15, 0.2) is 5.13 Å². The Balaban J connectivity index is 1.78. The molecule has 2 aromatic rings. The van der Waals surface area contributed by atoms with Crippen molar-refractivity contribution in [1.82, 2.24) is 9.29 Å². The van der Waals surface area contributed by atoms with Gasteiger partial charge in [0.1, 0.15) is 15.1 Å². The van der Waals surface area contributed by atoms with Crippen LogP contribution in [0.25, 0.3) is 0 Å². The quantitative estimate of drug-likeness (QED) is 0.750. The first-order chi connectivity index (χ1) is 12.3. The van der Waals surface area contributed by atoms with Crippen molar-refractivity contribution in [1.29, 1.82) is 0 Å². The molecule has 0 aliphatic carbocycles. The maximum Gasteiger partial charge on any atom is 0.350 e. The lowest BCUT2D eigenvalue weighted by Crippen LogP contribution is -2.42. The molecule has 1 amide bonds. The van der Waals surface area contributed by atoms with E-state index in [1.165, 1.54) is 17.5 Å². The number of carbonyl (C=O) groups is 2. The van der Waals surface area contributed by atoms with Gasteiger partial charge in [-0.25, -0.2) is 18.2 Å². The number of sulfonamides is 1. The zero-order valence-corrected chi connectivity index (χ0v) is 16.5. The van der Waals surface area contributed by atoms with Gasteiger partial charge in [0.25, 0.3) is 10.0 Å². The van der Waals surface area contributed by atoms with Crippen molar-refractivity contribution in [3.63, 3.8) is 0 Å². The van der Waals surface area contributed by atoms with Gasteiger partial charge < -0.3 is 10.1 Å². The molecule has 3 heterocycles. The van der Waals surface area contributed by atoms with Crippen LogP contribution in [-0.4, -0.2) is 49.3 Å². The van der Waals surface area contributed by atoms with Crippen LogP contribution in [0.4, 0.5) is 5.13 Å². The Kier molecular flexibility index (Phi) is 5.42. The predicted octanol–water partition coefficient (Wildman–Crippen LogP) is 2.09. The number of thiazole rings is 1. The molecule has 0 aromatic carbocycles. The van der Waals surface area contributed by atoms with Crippen LogP contribution >= 0.6 is 22.7 Å². The number of nitrogens with zero attached hydrogens (tertiary/aromatic N) is 2. The molecule has 0 spiro atoms. The van der Waals surface area contributed by atoms with Gasteiger partial charge in [-0.1, -0.05) is 17.4 Å². The van der Waals surface area contributed by atoms with E-state index in [9.17, 15) is 18.0 Å². The topological polar surface area (TPSA) is 106 Å². The van der Waals surface area contributed by atoms with Crippen LogP contribution in [0.3, 0.4) is 0 Å². The highest BCUT2D eigenvalue weighted by Gasteiger charge is 2.40. The number of nitrogens with one attached hydrogen (secondary N) is 1. The highest BCUT2D eigenvalue weighted by molar-refractivity contribution is 7.91. The Labute approximate surface area is 158 Å². The van der Waals surface area contributed by atoms with E-state index in [1.54, 1.807) is 18.4 Å². The van der Waals surface area contributed by atoms with E-state index in [1.807, 2.05) is 0 Å².